The number of nitrogens with zero attached hydrogens (tertiary/aromatic N) is 1. The zero-order valence-electron chi connectivity index (χ0n) is 15.6. The van der Waals surface area contributed by atoms with Crippen LogP contribution in [0.25, 0.3) is 12.2 Å². The van der Waals surface area contributed by atoms with Crippen molar-refractivity contribution in [1.29, 1.82) is 0 Å². The molecule has 0 spiro atoms. The van der Waals surface area contributed by atoms with Gasteiger partial charge in [0.05, 0.1) is 12.2 Å². The molecule has 0 unspecified atom stereocenters. The number of aromatic nitrogens is 1. The van der Waals surface area contributed by atoms with E-state index in [4.69, 9.17) is 9.84 Å². The molecule has 0 fully saturated rings. The molecule has 4 nitrogen and oxygen atoms in total. The summed E-state index contributed by atoms with van der Waals surface area (Å²) in [4.78, 5) is 10.9. The van der Waals surface area contributed by atoms with E-state index < -0.39 is 5.97 Å². The van der Waals surface area contributed by atoms with E-state index in [1.54, 1.807) is 12.1 Å². The molecule has 5 heteroatoms. The summed E-state index contributed by atoms with van der Waals surface area (Å²) in [5, 5.41) is 8.95. The number of carbonyl (C=O) groups is 1. The number of ether oxygens (including phenoxy) is 1. The van der Waals surface area contributed by atoms with Gasteiger partial charge in [0, 0.05) is 17.7 Å². The Kier molecular flexibility index (Phi) is 7.78. The average Bonchev–Trinajstić information content (AvgIpc) is 2.68. The minimum absolute atomic E-state index is 0. The monoisotopic (exact) mass is 395 g/mol. The highest BCUT2D eigenvalue weighted by Gasteiger charge is 2.05. The SMILES string of the molecule is CCOc1cccc(/C=C\c2cc[n+](Cc3ccc(C(=O)O)cc3)cc2)c1.[Cl-]. The van der Waals surface area contributed by atoms with Gasteiger partial charge >= 0.3 is 5.97 Å². The first-order valence-electron chi connectivity index (χ1n) is 8.86. The highest BCUT2D eigenvalue weighted by atomic mass is 35.5. The van der Waals surface area contributed by atoms with Crippen molar-refractivity contribution >= 4 is 18.1 Å². The van der Waals surface area contributed by atoms with Gasteiger partial charge in [0.15, 0.2) is 18.9 Å². The largest absolute Gasteiger partial charge is 1.00 e. The number of hydrogen-bond acceptors (Lipinski definition) is 2. The highest BCUT2D eigenvalue weighted by Crippen LogP contribution is 2.15. The van der Waals surface area contributed by atoms with Gasteiger partial charge in [0.25, 0.3) is 0 Å². The molecule has 0 atom stereocenters. The molecule has 1 N–H and O–H groups in total. The summed E-state index contributed by atoms with van der Waals surface area (Å²) in [6, 6.07) is 19.0. The molecule has 0 aliphatic carbocycles. The van der Waals surface area contributed by atoms with Gasteiger partial charge in [0.2, 0.25) is 0 Å². The predicted molar refractivity (Wildman–Crippen MR) is 106 cm³/mol. The number of benzene rings is 2. The van der Waals surface area contributed by atoms with Gasteiger partial charge in [-0.25, -0.2) is 9.36 Å². The van der Waals surface area contributed by atoms with Crippen LogP contribution in [0.4, 0.5) is 0 Å². The Morgan fingerprint density at radius 3 is 2.32 bits per heavy atom. The van der Waals surface area contributed by atoms with E-state index in [1.807, 2.05) is 55.7 Å². The third-order valence-corrected chi connectivity index (χ3v) is 4.12. The molecule has 3 rings (SSSR count). The average molecular weight is 396 g/mol. The summed E-state index contributed by atoms with van der Waals surface area (Å²) in [5.74, 6) is -0.0309. The summed E-state index contributed by atoms with van der Waals surface area (Å²) in [7, 11) is 0. The Balaban J connectivity index is 0.00000280. The summed E-state index contributed by atoms with van der Waals surface area (Å²) >= 11 is 0. The third kappa shape index (κ3) is 5.96. The Bertz CT molecular complexity index is 935. The van der Waals surface area contributed by atoms with E-state index in [0.29, 0.717) is 18.7 Å². The lowest BCUT2D eigenvalue weighted by molar-refractivity contribution is -0.688. The number of carboxylic acids is 1. The molecule has 2 aromatic carbocycles. The molecule has 0 aliphatic rings. The molecule has 28 heavy (non-hydrogen) atoms. The minimum atomic E-state index is -0.905. The smallest absolute Gasteiger partial charge is 0.335 e. The van der Waals surface area contributed by atoms with E-state index in [2.05, 4.69) is 28.9 Å². The number of hydrogen-bond donors (Lipinski definition) is 1. The van der Waals surface area contributed by atoms with Gasteiger partial charge in [-0.05, 0) is 42.3 Å². The fourth-order valence-corrected chi connectivity index (χ4v) is 2.72. The predicted octanol–water partition coefficient (Wildman–Crippen LogP) is 1.29. The molecule has 1 heterocycles. The van der Waals surface area contributed by atoms with Gasteiger partial charge in [-0.3, -0.25) is 0 Å². The standard InChI is InChI=1S/C23H21NO3.ClH/c1-2-27-22-5-3-4-19(16-22)7-6-18-12-14-24(15-13-18)17-20-8-10-21(11-9-20)23(25)26;/h3-16H,2,17H2,1H3;1H/b7-6-;. The van der Waals surface area contributed by atoms with E-state index in [9.17, 15) is 4.79 Å². The molecule has 1 aromatic heterocycles. The van der Waals surface area contributed by atoms with E-state index in [0.717, 1.165) is 22.4 Å². The molecule has 0 saturated carbocycles. The van der Waals surface area contributed by atoms with Crippen LogP contribution in [-0.2, 0) is 6.54 Å². The number of pyridine rings is 1. The quantitative estimate of drug-likeness (QED) is 0.613. The third-order valence-electron chi connectivity index (χ3n) is 4.12. The van der Waals surface area contributed by atoms with Crippen LogP contribution < -0.4 is 21.7 Å². The molecule has 0 radical (unpaired) electrons. The molecule has 0 aliphatic heterocycles. The number of halogens is 1. The minimum Gasteiger partial charge on any atom is -1.00 e. The maximum atomic E-state index is 10.9. The second kappa shape index (κ2) is 10.3. The summed E-state index contributed by atoms with van der Waals surface area (Å²) < 4.78 is 7.58. The molecular weight excluding hydrogens is 374 g/mol. The van der Waals surface area contributed by atoms with Crippen molar-refractivity contribution in [2.24, 2.45) is 0 Å². The first kappa shape index (κ1) is 21.2. The maximum Gasteiger partial charge on any atom is 0.335 e. The van der Waals surface area contributed by atoms with Crippen LogP contribution in [-0.4, -0.2) is 17.7 Å². The van der Waals surface area contributed by atoms with Gasteiger partial charge in [-0.1, -0.05) is 36.4 Å². The number of aromatic carboxylic acids is 1. The van der Waals surface area contributed by atoms with Crippen LogP contribution in [0, 0.1) is 0 Å². The highest BCUT2D eigenvalue weighted by molar-refractivity contribution is 5.87. The van der Waals surface area contributed by atoms with E-state index in [-0.39, 0.29) is 12.4 Å². The lowest BCUT2D eigenvalue weighted by Gasteiger charge is -2.03. The van der Waals surface area contributed by atoms with Crippen molar-refractivity contribution in [3.05, 3.63) is 95.3 Å². The number of rotatable bonds is 7. The lowest BCUT2D eigenvalue weighted by Crippen LogP contribution is -3.00. The Hall–Kier alpha value is -3.11. The molecule has 0 amide bonds. The second-order valence-electron chi connectivity index (χ2n) is 6.14. The summed E-state index contributed by atoms with van der Waals surface area (Å²) in [6.45, 7) is 3.33. The Morgan fingerprint density at radius 1 is 1.00 bits per heavy atom. The van der Waals surface area contributed by atoms with Crippen molar-refractivity contribution in [2.75, 3.05) is 6.61 Å². The van der Waals surface area contributed by atoms with E-state index >= 15 is 0 Å². The van der Waals surface area contributed by atoms with Crippen molar-refractivity contribution in [3.8, 4) is 5.75 Å². The van der Waals surface area contributed by atoms with Crippen LogP contribution in [0.3, 0.4) is 0 Å². The maximum absolute atomic E-state index is 10.9. The zero-order valence-corrected chi connectivity index (χ0v) is 16.3. The molecular formula is C23H22ClNO3. The van der Waals surface area contributed by atoms with Crippen molar-refractivity contribution in [3.63, 3.8) is 0 Å². The normalized spacial score (nSPS) is 10.5. The van der Waals surface area contributed by atoms with Gasteiger partial charge in [-0.2, -0.15) is 0 Å². The first-order valence-corrected chi connectivity index (χ1v) is 8.86. The van der Waals surface area contributed by atoms with Crippen LogP contribution >= 0.6 is 0 Å². The van der Waals surface area contributed by atoms with Gasteiger partial charge in [0.1, 0.15) is 5.75 Å². The molecule has 0 bridgehead atoms. The van der Waals surface area contributed by atoms with Gasteiger partial charge in [-0.15, -0.1) is 0 Å². The molecule has 3 aromatic rings. The van der Waals surface area contributed by atoms with Crippen LogP contribution in [0.15, 0.2) is 73.1 Å². The molecule has 0 saturated heterocycles. The van der Waals surface area contributed by atoms with Crippen molar-refractivity contribution < 1.29 is 31.6 Å². The summed E-state index contributed by atoms with van der Waals surface area (Å²) in [6.07, 6.45) is 8.16. The Morgan fingerprint density at radius 2 is 1.68 bits per heavy atom. The first-order chi connectivity index (χ1) is 13.1. The van der Waals surface area contributed by atoms with Crippen molar-refractivity contribution in [1.82, 2.24) is 0 Å². The second-order valence-corrected chi connectivity index (χ2v) is 6.14. The lowest BCUT2D eigenvalue weighted by atomic mass is 10.1. The topological polar surface area (TPSA) is 50.4 Å². The van der Waals surface area contributed by atoms with Crippen LogP contribution in [0.2, 0.25) is 0 Å². The van der Waals surface area contributed by atoms with Crippen LogP contribution in [0.5, 0.6) is 5.75 Å². The number of carboxylic acid groups (broad SMARTS) is 1. The van der Waals surface area contributed by atoms with Crippen molar-refractivity contribution in [2.45, 2.75) is 13.5 Å². The van der Waals surface area contributed by atoms with E-state index in [1.165, 1.54) is 0 Å². The molecule has 144 valence electrons. The fraction of sp³-hybridized carbons (Fsp3) is 0.130. The fourth-order valence-electron chi connectivity index (χ4n) is 2.72. The van der Waals surface area contributed by atoms with Crippen LogP contribution in [0.1, 0.15) is 34.0 Å². The van der Waals surface area contributed by atoms with Gasteiger partial charge < -0.3 is 22.3 Å². The Labute approximate surface area is 171 Å². The zero-order chi connectivity index (χ0) is 19.1. The summed E-state index contributed by atoms with van der Waals surface area (Å²) in [5.41, 5.74) is 3.56.